The van der Waals surface area contributed by atoms with Crippen molar-refractivity contribution < 1.29 is 4.74 Å². The van der Waals surface area contributed by atoms with E-state index >= 15 is 0 Å². The van der Waals surface area contributed by atoms with Crippen molar-refractivity contribution in [2.24, 2.45) is 11.8 Å². The molecule has 0 amide bonds. The quantitative estimate of drug-likeness (QED) is 0.839. The molecule has 5 rings (SSSR count). The average Bonchev–Trinajstić information content (AvgIpc) is 3.18. The summed E-state index contributed by atoms with van der Waals surface area (Å²) in [6.45, 7) is 7.10. The zero-order valence-electron chi connectivity index (χ0n) is 15.2. The Kier molecular flexibility index (Phi) is 3.63. The van der Waals surface area contributed by atoms with E-state index in [4.69, 9.17) is 9.72 Å². The summed E-state index contributed by atoms with van der Waals surface area (Å²) in [7, 11) is 1.73. The maximum atomic E-state index is 5.56. The van der Waals surface area contributed by atoms with Gasteiger partial charge in [-0.2, -0.15) is 0 Å². The van der Waals surface area contributed by atoms with E-state index in [9.17, 15) is 0 Å². The summed E-state index contributed by atoms with van der Waals surface area (Å²) in [5.41, 5.74) is 3.41. The maximum absolute atomic E-state index is 5.56. The molecule has 3 unspecified atom stereocenters. The number of rotatable bonds is 2. The second-order valence-corrected chi connectivity index (χ2v) is 8.03. The van der Waals surface area contributed by atoms with Gasteiger partial charge in [-0.1, -0.05) is 18.6 Å². The van der Waals surface area contributed by atoms with Gasteiger partial charge < -0.3 is 9.64 Å². The van der Waals surface area contributed by atoms with E-state index in [1.807, 2.05) is 6.07 Å². The number of fused-ring (bicyclic) bond motifs is 4. The smallest absolute Gasteiger partial charge is 0.145 e. The van der Waals surface area contributed by atoms with E-state index in [-0.39, 0.29) is 0 Å². The summed E-state index contributed by atoms with van der Waals surface area (Å²) in [6, 6.07) is 9.38. The number of nitrogens with zero attached hydrogens (tertiary/aromatic N) is 3. The zero-order valence-corrected chi connectivity index (χ0v) is 15.2. The van der Waals surface area contributed by atoms with Crippen LogP contribution >= 0.6 is 0 Å². The molecule has 4 heterocycles. The highest BCUT2D eigenvalue weighted by Gasteiger charge is 2.47. The van der Waals surface area contributed by atoms with Crippen molar-refractivity contribution in [3.8, 4) is 5.75 Å². The van der Waals surface area contributed by atoms with Gasteiger partial charge in [-0.25, -0.2) is 4.98 Å². The summed E-state index contributed by atoms with van der Waals surface area (Å²) in [5.74, 6) is 2.55. The van der Waals surface area contributed by atoms with Crippen LogP contribution < -0.4 is 9.64 Å². The Balaban J connectivity index is 1.51. The van der Waals surface area contributed by atoms with E-state index in [0.717, 1.165) is 34.8 Å². The highest BCUT2D eigenvalue weighted by Crippen LogP contribution is 2.43. The number of para-hydroxylation sites is 1. The van der Waals surface area contributed by atoms with E-state index < -0.39 is 0 Å². The Bertz CT molecular complexity index is 805. The van der Waals surface area contributed by atoms with Gasteiger partial charge in [-0.3, -0.25) is 4.90 Å². The molecule has 1 aromatic heterocycles. The van der Waals surface area contributed by atoms with Gasteiger partial charge in [0.15, 0.2) is 0 Å². The first-order valence-corrected chi connectivity index (χ1v) is 9.68. The summed E-state index contributed by atoms with van der Waals surface area (Å²) in [6.07, 6.45) is 4.21. The van der Waals surface area contributed by atoms with Crippen LogP contribution in [0.2, 0.25) is 0 Å². The third-order valence-electron chi connectivity index (χ3n) is 6.59. The van der Waals surface area contributed by atoms with Gasteiger partial charge in [0, 0.05) is 42.4 Å². The Morgan fingerprint density at radius 1 is 1.16 bits per heavy atom. The maximum Gasteiger partial charge on any atom is 0.145 e. The molecule has 2 aromatic rings. The second kappa shape index (κ2) is 5.87. The van der Waals surface area contributed by atoms with Crippen LogP contribution in [0.25, 0.3) is 10.9 Å². The van der Waals surface area contributed by atoms with Gasteiger partial charge >= 0.3 is 0 Å². The minimum atomic E-state index is 0.826. The molecule has 3 saturated heterocycles. The molecular weight excluding hydrogens is 310 g/mol. The topological polar surface area (TPSA) is 28.6 Å². The molecule has 4 heteroatoms. The Morgan fingerprint density at radius 2 is 2.08 bits per heavy atom. The number of methoxy groups -OCH3 is 1. The molecule has 3 aliphatic rings. The van der Waals surface area contributed by atoms with Gasteiger partial charge in [-0.15, -0.1) is 0 Å². The minimum Gasteiger partial charge on any atom is -0.494 e. The highest BCUT2D eigenvalue weighted by atomic mass is 16.5. The fourth-order valence-electron chi connectivity index (χ4n) is 5.51. The van der Waals surface area contributed by atoms with E-state index in [1.165, 1.54) is 56.5 Å². The SMILES string of the molecule is COc1cccc2c(N3CC4CN5CCCCC5C4C3)cc(C)nc12. The molecule has 0 saturated carbocycles. The molecular formula is C21H27N3O. The number of anilines is 1. The normalized spacial score (nSPS) is 29.0. The number of pyridine rings is 1. The molecule has 1 aromatic carbocycles. The van der Waals surface area contributed by atoms with Crippen molar-refractivity contribution in [1.29, 1.82) is 0 Å². The van der Waals surface area contributed by atoms with Gasteiger partial charge in [-0.05, 0) is 50.3 Å². The van der Waals surface area contributed by atoms with E-state index in [2.05, 4.69) is 34.9 Å². The van der Waals surface area contributed by atoms with Crippen molar-refractivity contribution in [3.05, 3.63) is 30.0 Å². The van der Waals surface area contributed by atoms with Crippen molar-refractivity contribution in [1.82, 2.24) is 9.88 Å². The minimum absolute atomic E-state index is 0.826. The predicted octanol–water partition coefficient (Wildman–Crippen LogP) is 3.47. The Hall–Kier alpha value is -1.81. The fraction of sp³-hybridized carbons (Fsp3) is 0.571. The van der Waals surface area contributed by atoms with Crippen molar-refractivity contribution >= 4 is 16.6 Å². The highest BCUT2D eigenvalue weighted by molar-refractivity contribution is 5.95. The standard InChI is InChI=1S/C21H27N3O/c1-14-10-19(16-6-5-8-20(25-2)21(16)22-14)24-12-15-11-23-9-4-3-7-18(23)17(15)13-24/h5-6,8,10,15,17-18H,3-4,7,9,11-13H2,1-2H3. The van der Waals surface area contributed by atoms with Crippen molar-refractivity contribution in [3.63, 3.8) is 0 Å². The third-order valence-corrected chi connectivity index (χ3v) is 6.59. The van der Waals surface area contributed by atoms with Crippen molar-refractivity contribution in [2.45, 2.75) is 32.2 Å². The van der Waals surface area contributed by atoms with Crippen LogP contribution in [0.3, 0.4) is 0 Å². The van der Waals surface area contributed by atoms with Gasteiger partial charge in [0.2, 0.25) is 0 Å². The van der Waals surface area contributed by atoms with Crippen LogP contribution in [0.1, 0.15) is 25.0 Å². The number of aryl methyl sites for hydroxylation is 1. The van der Waals surface area contributed by atoms with Crippen LogP contribution in [0.15, 0.2) is 24.3 Å². The van der Waals surface area contributed by atoms with E-state index in [0.29, 0.717) is 0 Å². The van der Waals surface area contributed by atoms with Crippen LogP contribution in [0.4, 0.5) is 5.69 Å². The first-order chi connectivity index (χ1) is 12.2. The lowest BCUT2D eigenvalue weighted by atomic mass is 9.90. The Morgan fingerprint density at radius 3 is 2.96 bits per heavy atom. The molecule has 4 nitrogen and oxygen atoms in total. The number of benzene rings is 1. The molecule has 3 aliphatic heterocycles. The lowest BCUT2D eigenvalue weighted by molar-refractivity contribution is 0.173. The average molecular weight is 337 g/mol. The molecule has 0 N–H and O–H groups in total. The summed E-state index contributed by atoms with van der Waals surface area (Å²) >= 11 is 0. The van der Waals surface area contributed by atoms with Crippen molar-refractivity contribution in [2.75, 3.05) is 38.2 Å². The molecule has 0 bridgehead atoms. The number of piperidine rings is 1. The van der Waals surface area contributed by atoms with Gasteiger partial charge in [0.05, 0.1) is 7.11 Å². The lowest BCUT2D eigenvalue weighted by Crippen LogP contribution is -2.39. The van der Waals surface area contributed by atoms with Crippen LogP contribution in [-0.4, -0.2) is 49.2 Å². The molecule has 132 valence electrons. The first-order valence-electron chi connectivity index (χ1n) is 9.68. The molecule has 25 heavy (non-hydrogen) atoms. The second-order valence-electron chi connectivity index (χ2n) is 8.03. The molecule has 3 fully saturated rings. The number of hydrogen-bond donors (Lipinski definition) is 0. The number of aromatic nitrogens is 1. The summed E-state index contributed by atoms with van der Waals surface area (Å²) in [5, 5.41) is 1.23. The van der Waals surface area contributed by atoms with Gasteiger partial charge in [0.25, 0.3) is 0 Å². The lowest BCUT2D eigenvalue weighted by Gasteiger charge is -2.33. The summed E-state index contributed by atoms with van der Waals surface area (Å²) in [4.78, 5) is 10.2. The summed E-state index contributed by atoms with van der Waals surface area (Å²) < 4.78 is 5.56. The monoisotopic (exact) mass is 337 g/mol. The number of ether oxygens (including phenoxy) is 1. The fourth-order valence-corrected chi connectivity index (χ4v) is 5.51. The molecule has 0 spiro atoms. The molecule has 0 aliphatic carbocycles. The van der Waals surface area contributed by atoms with Gasteiger partial charge in [0.1, 0.15) is 11.3 Å². The Labute approximate surface area is 149 Å². The van der Waals surface area contributed by atoms with Crippen LogP contribution in [-0.2, 0) is 0 Å². The molecule has 0 radical (unpaired) electrons. The molecule has 3 atom stereocenters. The zero-order chi connectivity index (χ0) is 17.0. The number of hydrogen-bond acceptors (Lipinski definition) is 4. The third kappa shape index (κ3) is 2.42. The van der Waals surface area contributed by atoms with Crippen LogP contribution in [0, 0.1) is 18.8 Å². The van der Waals surface area contributed by atoms with E-state index in [1.54, 1.807) is 7.11 Å². The van der Waals surface area contributed by atoms with Crippen LogP contribution in [0.5, 0.6) is 5.75 Å². The predicted molar refractivity (Wildman–Crippen MR) is 101 cm³/mol. The first kappa shape index (κ1) is 15.4. The largest absolute Gasteiger partial charge is 0.494 e.